The Morgan fingerprint density at radius 1 is 1.06 bits per heavy atom. The average Bonchev–Trinajstić information content (AvgIpc) is 2.86. The van der Waals surface area contributed by atoms with Crippen molar-refractivity contribution >= 4 is 39.4 Å². The number of fused-ring (bicyclic) bond motifs is 2. The summed E-state index contributed by atoms with van der Waals surface area (Å²) in [6, 6.07) is 9.83. The smallest absolute Gasteiger partial charge is 0.323 e. The van der Waals surface area contributed by atoms with Crippen molar-refractivity contribution in [2.75, 3.05) is 40.3 Å². The van der Waals surface area contributed by atoms with E-state index in [1.54, 1.807) is 16.7 Å². The normalized spacial score (nSPS) is 22.0. The van der Waals surface area contributed by atoms with Crippen LogP contribution in [0.3, 0.4) is 0 Å². The van der Waals surface area contributed by atoms with Crippen LogP contribution in [0.2, 0.25) is 5.02 Å². The highest BCUT2D eigenvalue weighted by atomic mass is 35.5. The summed E-state index contributed by atoms with van der Waals surface area (Å²) in [6.45, 7) is 4.26. The minimum Gasteiger partial charge on any atom is -0.493 e. The summed E-state index contributed by atoms with van der Waals surface area (Å²) in [7, 11) is 3.67. The molecule has 1 saturated heterocycles. The Balaban J connectivity index is 1.52. The molecule has 1 aliphatic heterocycles. The van der Waals surface area contributed by atoms with Crippen molar-refractivity contribution in [1.29, 1.82) is 0 Å². The molecule has 1 aromatic heterocycles. The number of likely N-dealkylation sites (N-methyl/N-ethyl adjacent to an activating group) is 1. The van der Waals surface area contributed by atoms with Gasteiger partial charge in [-0.2, -0.15) is 0 Å². The monoisotopic (exact) mass is 497 g/mol. The minimum absolute atomic E-state index is 0.142. The number of piperazine rings is 1. The van der Waals surface area contributed by atoms with Crippen LogP contribution in [0.1, 0.15) is 37.2 Å². The first-order valence-electron chi connectivity index (χ1n) is 12.3. The van der Waals surface area contributed by atoms with Gasteiger partial charge in [-0.15, -0.1) is 0 Å². The third kappa shape index (κ3) is 4.53. The van der Waals surface area contributed by atoms with Crippen LogP contribution in [-0.2, 0) is 11.3 Å². The number of carboxylic acids is 1. The summed E-state index contributed by atoms with van der Waals surface area (Å²) in [5.41, 5.74) is 2.06. The molecule has 0 amide bonds. The molecular weight excluding hydrogens is 466 g/mol. The maximum atomic E-state index is 13.4. The van der Waals surface area contributed by atoms with E-state index in [1.807, 2.05) is 12.1 Å². The second-order valence-corrected chi connectivity index (χ2v) is 10.3. The number of nitrogens with zero attached hydrogens (tertiary/aromatic N) is 3. The van der Waals surface area contributed by atoms with E-state index in [4.69, 9.17) is 16.3 Å². The Morgan fingerprint density at radius 2 is 1.74 bits per heavy atom. The van der Waals surface area contributed by atoms with Gasteiger partial charge in [-0.25, -0.2) is 0 Å². The minimum atomic E-state index is -0.989. The van der Waals surface area contributed by atoms with Gasteiger partial charge in [0.25, 0.3) is 0 Å². The van der Waals surface area contributed by atoms with E-state index in [0.717, 1.165) is 57.4 Å². The van der Waals surface area contributed by atoms with Gasteiger partial charge in [-0.05, 0) is 68.5 Å². The van der Waals surface area contributed by atoms with E-state index in [1.165, 1.54) is 7.11 Å². The predicted octanol–water partition coefficient (Wildman–Crippen LogP) is 4.17. The van der Waals surface area contributed by atoms with E-state index in [0.29, 0.717) is 44.5 Å². The predicted molar refractivity (Wildman–Crippen MR) is 139 cm³/mol. The quantitative estimate of drug-likeness (QED) is 0.533. The molecule has 1 saturated carbocycles. The lowest BCUT2D eigenvalue weighted by atomic mass is 9.80. The first-order valence-corrected chi connectivity index (χ1v) is 12.7. The SMILES string of the molecule is COc1c(Cl)ccc2c(=O)c3ccc(C4CCC(N5CCN(C)CC5)CC4)cc3n(CC(=O)O)c12. The molecule has 0 radical (unpaired) electrons. The molecule has 8 heteroatoms. The van der Waals surface area contributed by atoms with Gasteiger partial charge in [-0.1, -0.05) is 17.7 Å². The fourth-order valence-corrected chi connectivity index (χ4v) is 6.17. The number of ether oxygens (including phenoxy) is 1. The van der Waals surface area contributed by atoms with Gasteiger partial charge in [0.1, 0.15) is 6.54 Å². The topological polar surface area (TPSA) is 75.0 Å². The van der Waals surface area contributed by atoms with Gasteiger partial charge in [0.15, 0.2) is 11.2 Å². The Bertz CT molecular complexity index is 1320. The number of hydrogen-bond acceptors (Lipinski definition) is 5. The number of halogens is 1. The zero-order chi connectivity index (χ0) is 24.7. The van der Waals surface area contributed by atoms with Crippen molar-refractivity contribution in [3.8, 4) is 5.75 Å². The van der Waals surface area contributed by atoms with Gasteiger partial charge >= 0.3 is 5.97 Å². The molecule has 2 aliphatic rings. The number of methoxy groups -OCH3 is 1. The highest BCUT2D eigenvalue weighted by Gasteiger charge is 2.29. The molecular formula is C27H32ClN3O4. The molecule has 3 aromatic rings. The van der Waals surface area contributed by atoms with Crippen molar-refractivity contribution in [1.82, 2.24) is 14.4 Å². The number of carbonyl (C=O) groups is 1. The van der Waals surface area contributed by atoms with Crippen LogP contribution in [0.25, 0.3) is 21.8 Å². The molecule has 1 N–H and O–H groups in total. The maximum Gasteiger partial charge on any atom is 0.323 e. The molecule has 5 rings (SSSR count). The highest BCUT2D eigenvalue weighted by Crippen LogP contribution is 2.38. The molecule has 35 heavy (non-hydrogen) atoms. The van der Waals surface area contributed by atoms with E-state index in [9.17, 15) is 14.7 Å². The number of hydrogen-bond donors (Lipinski definition) is 1. The highest BCUT2D eigenvalue weighted by molar-refractivity contribution is 6.33. The second kappa shape index (κ2) is 9.80. The van der Waals surface area contributed by atoms with Crippen molar-refractivity contribution in [3.63, 3.8) is 0 Å². The Morgan fingerprint density at radius 3 is 2.40 bits per heavy atom. The van der Waals surface area contributed by atoms with Crippen molar-refractivity contribution < 1.29 is 14.6 Å². The van der Waals surface area contributed by atoms with Crippen LogP contribution < -0.4 is 10.2 Å². The largest absolute Gasteiger partial charge is 0.493 e. The Hall–Kier alpha value is -2.61. The average molecular weight is 498 g/mol. The van der Waals surface area contributed by atoms with Crippen LogP contribution in [0.4, 0.5) is 0 Å². The van der Waals surface area contributed by atoms with E-state index >= 15 is 0 Å². The summed E-state index contributed by atoms with van der Waals surface area (Å²) in [5, 5.41) is 11.0. The summed E-state index contributed by atoms with van der Waals surface area (Å²) in [4.78, 5) is 30.2. The van der Waals surface area contributed by atoms with Gasteiger partial charge in [0.05, 0.1) is 28.6 Å². The molecule has 0 spiro atoms. The van der Waals surface area contributed by atoms with Gasteiger partial charge in [0.2, 0.25) is 0 Å². The van der Waals surface area contributed by atoms with Crippen molar-refractivity contribution in [2.24, 2.45) is 0 Å². The summed E-state index contributed by atoms with van der Waals surface area (Å²) in [6.07, 6.45) is 4.51. The second-order valence-electron chi connectivity index (χ2n) is 9.91. The zero-order valence-corrected chi connectivity index (χ0v) is 21.1. The number of aromatic nitrogens is 1. The Kier molecular flexibility index (Phi) is 6.75. The molecule has 0 bridgehead atoms. The fraction of sp³-hybridized carbons (Fsp3) is 0.481. The third-order valence-electron chi connectivity index (χ3n) is 7.88. The van der Waals surface area contributed by atoms with Gasteiger partial charge in [0, 0.05) is 37.6 Å². The molecule has 2 fully saturated rings. The lowest BCUT2D eigenvalue weighted by Gasteiger charge is -2.41. The number of carboxylic acid groups (broad SMARTS) is 1. The summed E-state index contributed by atoms with van der Waals surface area (Å²) in [5.74, 6) is -0.271. The number of aliphatic carboxylic acids is 1. The molecule has 186 valence electrons. The van der Waals surface area contributed by atoms with E-state index in [-0.39, 0.29) is 12.0 Å². The number of rotatable bonds is 5. The first-order chi connectivity index (χ1) is 16.9. The molecule has 7 nitrogen and oxygen atoms in total. The van der Waals surface area contributed by atoms with Gasteiger partial charge < -0.3 is 19.3 Å². The lowest BCUT2D eigenvalue weighted by Crippen LogP contribution is -2.49. The van der Waals surface area contributed by atoms with Crippen LogP contribution in [-0.4, -0.2) is 71.8 Å². The molecule has 0 atom stereocenters. The Labute approximate surface area is 209 Å². The van der Waals surface area contributed by atoms with Crippen LogP contribution in [0.5, 0.6) is 5.75 Å². The van der Waals surface area contributed by atoms with E-state index in [2.05, 4.69) is 22.9 Å². The van der Waals surface area contributed by atoms with Crippen LogP contribution >= 0.6 is 11.6 Å². The van der Waals surface area contributed by atoms with Crippen molar-refractivity contribution in [2.45, 2.75) is 44.2 Å². The molecule has 1 aliphatic carbocycles. The molecule has 2 heterocycles. The van der Waals surface area contributed by atoms with Crippen molar-refractivity contribution in [3.05, 3.63) is 51.1 Å². The fourth-order valence-electron chi connectivity index (χ4n) is 5.94. The molecule has 2 aromatic carbocycles. The first kappa shape index (κ1) is 24.1. The number of pyridine rings is 1. The van der Waals surface area contributed by atoms with Gasteiger partial charge in [-0.3, -0.25) is 14.5 Å². The zero-order valence-electron chi connectivity index (χ0n) is 20.3. The third-order valence-corrected chi connectivity index (χ3v) is 8.17. The van der Waals surface area contributed by atoms with Crippen LogP contribution in [0, 0.1) is 0 Å². The number of benzene rings is 2. The summed E-state index contributed by atoms with van der Waals surface area (Å²) >= 11 is 6.36. The van der Waals surface area contributed by atoms with Crippen LogP contribution in [0.15, 0.2) is 35.1 Å². The van der Waals surface area contributed by atoms with E-state index < -0.39 is 5.97 Å². The standard InChI is InChI=1S/C27H32ClN3O4/c1-29-11-13-30(14-12-29)19-6-3-17(4-7-19)18-5-8-20-23(15-18)31(16-24(32)33)25-21(26(20)34)9-10-22(28)27(25)35-2/h5,8-10,15,17,19H,3-4,6-7,11-14,16H2,1-2H3,(H,32,33). The summed E-state index contributed by atoms with van der Waals surface area (Å²) < 4.78 is 7.18. The lowest BCUT2D eigenvalue weighted by molar-refractivity contribution is -0.137. The molecule has 0 unspecified atom stereocenters. The maximum absolute atomic E-state index is 13.4.